The predicted molar refractivity (Wildman–Crippen MR) is 68.7 cm³/mol. The van der Waals surface area contributed by atoms with E-state index >= 15 is 0 Å². The molecular weight excluding hydrogens is 237 g/mol. The van der Waals surface area contributed by atoms with E-state index in [0.29, 0.717) is 6.10 Å². The second-order valence-electron chi connectivity index (χ2n) is 4.42. The van der Waals surface area contributed by atoms with Gasteiger partial charge >= 0.3 is 0 Å². The molecule has 0 bridgehead atoms. The van der Waals surface area contributed by atoms with Gasteiger partial charge < -0.3 is 10.5 Å². The molecule has 1 aromatic carbocycles. The molecule has 1 aliphatic heterocycles. The van der Waals surface area contributed by atoms with E-state index in [-0.39, 0.29) is 11.9 Å². The van der Waals surface area contributed by atoms with Crippen molar-refractivity contribution in [3.63, 3.8) is 0 Å². The van der Waals surface area contributed by atoms with Gasteiger partial charge in [0.15, 0.2) is 0 Å². The van der Waals surface area contributed by atoms with Crippen LogP contribution < -0.4 is 5.73 Å². The number of hydrogen-bond donors (Lipinski definition) is 1. The Morgan fingerprint density at radius 1 is 1.59 bits per heavy atom. The zero-order valence-corrected chi connectivity index (χ0v) is 10.8. The van der Waals surface area contributed by atoms with Gasteiger partial charge in [0, 0.05) is 23.3 Å². The Labute approximate surface area is 106 Å². The molecule has 1 aliphatic rings. The first kappa shape index (κ1) is 12.9. The first-order valence-electron chi connectivity index (χ1n) is 5.96. The van der Waals surface area contributed by atoms with Crippen molar-refractivity contribution in [2.45, 2.75) is 36.8 Å². The van der Waals surface area contributed by atoms with Crippen molar-refractivity contribution in [3.8, 4) is 0 Å². The lowest BCUT2D eigenvalue weighted by Crippen LogP contribution is -2.10. The van der Waals surface area contributed by atoms with Gasteiger partial charge in [0.25, 0.3) is 0 Å². The fourth-order valence-electron chi connectivity index (χ4n) is 1.97. The van der Waals surface area contributed by atoms with Crippen molar-refractivity contribution in [1.29, 1.82) is 0 Å². The van der Waals surface area contributed by atoms with E-state index in [1.807, 2.05) is 13.0 Å². The Balaban J connectivity index is 2.03. The molecule has 2 nitrogen and oxygen atoms in total. The van der Waals surface area contributed by atoms with Crippen LogP contribution in [0.4, 0.5) is 4.39 Å². The lowest BCUT2D eigenvalue weighted by Gasteiger charge is -2.14. The Kier molecular flexibility index (Phi) is 4.42. The molecule has 0 amide bonds. The standard InChI is InChI=1S/C13H18FNOS/c1-9(15)12-7-10(14)4-5-13(12)17-8-11-3-2-6-16-11/h4-5,7,9,11H,2-3,6,8,15H2,1H3/t9-,11?/m1/s1. The number of benzene rings is 1. The summed E-state index contributed by atoms with van der Waals surface area (Å²) in [4.78, 5) is 1.07. The summed E-state index contributed by atoms with van der Waals surface area (Å²) in [6.45, 7) is 2.75. The summed E-state index contributed by atoms with van der Waals surface area (Å²) in [5.41, 5.74) is 6.74. The number of halogens is 1. The SMILES string of the molecule is C[C@@H](N)c1cc(F)ccc1SCC1CCCO1. The molecule has 2 N–H and O–H groups in total. The van der Waals surface area contributed by atoms with Gasteiger partial charge in [-0.1, -0.05) is 0 Å². The van der Waals surface area contributed by atoms with Gasteiger partial charge in [-0.05, 0) is 43.5 Å². The van der Waals surface area contributed by atoms with Crippen LogP contribution in [0.3, 0.4) is 0 Å². The zero-order chi connectivity index (χ0) is 12.3. The molecule has 0 saturated carbocycles. The minimum absolute atomic E-state index is 0.141. The van der Waals surface area contributed by atoms with Crippen molar-refractivity contribution in [3.05, 3.63) is 29.6 Å². The van der Waals surface area contributed by atoms with E-state index < -0.39 is 0 Å². The Bertz CT molecular complexity index is 378. The van der Waals surface area contributed by atoms with E-state index in [2.05, 4.69) is 0 Å². The highest BCUT2D eigenvalue weighted by Gasteiger charge is 2.17. The van der Waals surface area contributed by atoms with Crippen LogP contribution in [0.5, 0.6) is 0 Å². The van der Waals surface area contributed by atoms with Crippen molar-refractivity contribution >= 4 is 11.8 Å². The number of rotatable bonds is 4. The molecule has 2 atom stereocenters. The molecule has 1 saturated heterocycles. The highest BCUT2D eigenvalue weighted by atomic mass is 32.2. The second kappa shape index (κ2) is 5.85. The summed E-state index contributed by atoms with van der Waals surface area (Å²) in [6, 6.07) is 4.69. The van der Waals surface area contributed by atoms with E-state index in [4.69, 9.17) is 10.5 Å². The van der Waals surface area contributed by atoms with Crippen LogP contribution in [0.25, 0.3) is 0 Å². The minimum atomic E-state index is -0.223. The molecule has 0 radical (unpaired) electrons. The summed E-state index contributed by atoms with van der Waals surface area (Å²) in [7, 11) is 0. The van der Waals surface area contributed by atoms with Crippen molar-refractivity contribution in [2.75, 3.05) is 12.4 Å². The molecule has 1 aromatic rings. The largest absolute Gasteiger partial charge is 0.377 e. The van der Waals surface area contributed by atoms with Crippen LogP contribution in [0, 0.1) is 5.82 Å². The summed E-state index contributed by atoms with van der Waals surface area (Å²) in [5.74, 6) is 0.699. The molecule has 0 spiro atoms. The van der Waals surface area contributed by atoms with Crippen LogP contribution in [0.1, 0.15) is 31.4 Å². The zero-order valence-electron chi connectivity index (χ0n) is 9.99. The van der Waals surface area contributed by atoms with Crippen LogP contribution in [0.2, 0.25) is 0 Å². The average molecular weight is 255 g/mol. The maximum absolute atomic E-state index is 13.2. The lowest BCUT2D eigenvalue weighted by molar-refractivity contribution is 0.129. The van der Waals surface area contributed by atoms with Crippen molar-refractivity contribution < 1.29 is 9.13 Å². The summed E-state index contributed by atoms with van der Waals surface area (Å²) < 4.78 is 18.7. The smallest absolute Gasteiger partial charge is 0.123 e. The predicted octanol–water partition coefficient (Wildman–Crippen LogP) is 3.12. The third-order valence-electron chi connectivity index (χ3n) is 2.91. The Morgan fingerprint density at radius 3 is 3.06 bits per heavy atom. The third-order valence-corrected chi connectivity index (χ3v) is 4.13. The number of ether oxygens (including phenoxy) is 1. The van der Waals surface area contributed by atoms with Gasteiger partial charge in [-0.15, -0.1) is 11.8 Å². The molecular formula is C13H18FNOS. The van der Waals surface area contributed by atoms with E-state index in [1.165, 1.54) is 12.1 Å². The molecule has 4 heteroatoms. The van der Waals surface area contributed by atoms with Crippen LogP contribution in [-0.2, 0) is 4.74 Å². The van der Waals surface area contributed by atoms with Crippen molar-refractivity contribution in [2.24, 2.45) is 5.73 Å². The van der Waals surface area contributed by atoms with Gasteiger partial charge in [-0.25, -0.2) is 4.39 Å². The fraction of sp³-hybridized carbons (Fsp3) is 0.538. The maximum Gasteiger partial charge on any atom is 0.123 e. The first-order chi connectivity index (χ1) is 8.16. The van der Waals surface area contributed by atoms with Gasteiger partial charge in [0.05, 0.1) is 6.10 Å². The fourth-order valence-corrected chi connectivity index (χ4v) is 3.17. The van der Waals surface area contributed by atoms with Gasteiger partial charge in [-0.2, -0.15) is 0 Å². The lowest BCUT2D eigenvalue weighted by atomic mass is 10.1. The minimum Gasteiger partial charge on any atom is -0.377 e. The Morgan fingerprint density at radius 2 is 2.41 bits per heavy atom. The summed E-state index contributed by atoms with van der Waals surface area (Å²) in [5, 5.41) is 0. The number of nitrogens with two attached hydrogens (primary N) is 1. The van der Waals surface area contributed by atoms with Gasteiger partial charge in [0.1, 0.15) is 5.82 Å². The number of thioether (sulfide) groups is 1. The van der Waals surface area contributed by atoms with Crippen LogP contribution in [0.15, 0.2) is 23.1 Å². The average Bonchev–Trinajstić information content (AvgIpc) is 2.80. The molecule has 0 aliphatic carbocycles. The third kappa shape index (κ3) is 3.44. The van der Waals surface area contributed by atoms with E-state index in [1.54, 1.807) is 11.8 Å². The van der Waals surface area contributed by atoms with Gasteiger partial charge in [-0.3, -0.25) is 0 Å². The quantitative estimate of drug-likeness (QED) is 0.840. The van der Waals surface area contributed by atoms with Crippen molar-refractivity contribution in [1.82, 2.24) is 0 Å². The summed E-state index contributed by atoms with van der Waals surface area (Å²) in [6.07, 6.45) is 2.61. The van der Waals surface area contributed by atoms with Crippen LogP contribution in [-0.4, -0.2) is 18.5 Å². The monoisotopic (exact) mass is 255 g/mol. The normalized spacial score (nSPS) is 21.7. The molecule has 2 rings (SSSR count). The van der Waals surface area contributed by atoms with E-state index in [9.17, 15) is 4.39 Å². The number of hydrogen-bond acceptors (Lipinski definition) is 3. The molecule has 1 fully saturated rings. The molecule has 1 heterocycles. The topological polar surface area (TPSA) is 35.2 Å². The Hall–Kier alpha value is -0.580. The van der Waals surface area contributed by atoms with Gasteiger partial charge in [0.2, 0.25) is 0 Å². The molecule has 17 heavy (non-hydrogen) atoms. The maximum atomic E-state index is 13.2. The highest BCUT2D eigenvalue weighted by Crippen LogP contribution is 2.29. The highest BCUT2D eigenvalue weighted by molar-refractivity contribution is 7.99. The van der Waals surface area contributed by atoms with Crippen LogP contribution >= 0.6 is 11.8 Å². The first-order valence-corrected chi connectivity index (χ1v) is 6.95. The second-order valence-corrected chi connectivity index (χ2v) is 5.48. The van der Waals surface area contributed by atoms with E-state index in [0.717, 1.165) is 35.7 Å². The summed E-state index contributed by atoms with van der Waals surface area (Å²) >= 11 is 1.71. The molecule has 0 aromatic heterocycles. The molecule has 1 unspecified atom stereocenters. The molecule has 94 valence electrons.